The number of nitrogens with zero attached hydrogens (tertiary/aromatic N) is 2. The lowest BCUT2D eigenvalue weighted by Crippen LogP contribution is -2.40. The van der Waals surface area contributed by atoms with Crippen LogP contribution in [0.5, 0.6) is 0 Å². The molecule has 0 aliphatic carbocycles. The predicted octanol–water partition coefficient (Wildman–Crippen LogP) is 1.05. The zero-order chi connectivity index (χ0) is 11.4. The topological polar surface area (TPSA) is 80.9 Å². The number of nitrogens with one attached hydrogen (secondary N) is 1. The molecule has 0 fully saturated rings. The quantitative estimate of drug-likeness (QED) is 0.807. The van der Waals surface area contributed by atoms with Crippen molar-refractivity contribution in [2.24, 2.45) is 11.7 Å². The number of hydrogen-bond donors (Lipinski definition) is 2. The molecule has 1 aromatic rings. The molecule has 1 atom stereocenters. The Morgan fingerprint density at radius 2 is 2.00 bits per heavy atom. The second-order valence-electron chi connectivity index (χ2n) is 3.49. The van der Waals surface area contributed by atoms with Crippen molar-refractivity contribution in [1.29, 1.82) is 0 Å². The molecular weight excluding hydrogens is 216 g/mol. The van der Waals surface area contributed by atoms with E-state index in [-0.39, 0.29) is 5.92 Å². The van der Waals surface area contributed by atoms with Gasteiger partial charge in [0.15, 0.2) is 0 Å². The van der Waals surface area contributed by atoms with Crippen molar-refractivity contribution in [3.05, 3.63) is 17.4 Å². The first-order valence-electron chi connectivity index (χ1n) is 4.54. The predicted molar refractivity (Wildman–Crippen MR) is 58.5 cm³/mol. The van der Waals surface area contributed by atoms with Gasteiger partial charge in [0.2, 0.25) is 11.9 Å². The van der Waals surface area contributed by atoms with Crippen LogP contribution in [-0.4, -0.2) is 21.9 Å². The SMILES string of the molecule is CC(C)[C@H](Nc1ncc(Cl)cn1)C(N)=O. The van der Waals surface area contributed by atoms with E-state index in [4.69, 9.17) is 17.3 Å². The molecule has 1 heterocycles. The molecule has 0 unspecified atom stereocenters. The lowest BCUT2D eigenvalue weighted by Gasteiger charge is -2.18. The van der Waals surface area contributed by atoms with Crippen molar-refractivity contribution in [2.75, 3.05) is 5.32 Å². The smallest absolute Gasteiger partial charge is 0.240 e. The Balaban J connectivity index is 2.74. The first kappa shape index (κ1) is 11.7. The number of amides is 1. The maximum absolute atomic E-state index is 11.1. The van der Waals surface area contributed by atoms with Gasteiger partial charge in [0.05, 0.1) is 17.4 Å². The molecule has 1 amide bonds. The molecule has 0 aliphatic rings. The van der Waals surface area contributed by atoms with Gasteiger partial charge in [-0.1, -0.05) is 25.4 Å². The van der Waals surface area contributed by atoms with Gasteiger partial charge in [0, 0.05) is 0 Å². The van der Waals surface area contributed by atoms with E-state index in [0.29, 0.717) is 11.0 Å². The molecule has 0 spiro atoms. The summed E-state index contributed by atoms with van der Waals surface area (Å²) in [4.78, 5) is 18.9. The van der Waals surface area contributed by atoms with Gasteiger partial charge in [0.25, 0.3) is 0 Å². The summed E-state index contributed by atoms with van der Waals surface area (Å²) < 4.78 is 0. The van der Waals surface area contributed by atoms with Gasteiger partial charge in [0.1, 0.15) is 6.04 Å². The summed E-state index contributed by atoms with van der Waals surface area (Å²) in [5.41, 5.74) is 5.23. The summed E-state index contributed by atoms with van der Waals surface area (Å²) in [6.07, 6.45) is 2.91. The summed E-state index contributed by atoms with van der Waals surface area (Å²) >= 11 is 5.63. The van der Waals surface area contributed by atoms with Gasteiger partial charge in [-0.15, -0.1) is 0 Å². The van der Waals surface area contributed by atoms with E-state index in [1.807, 2.05) is 13.8 Å². The van der Waals surface area contributed by atoms with Crippen LogP contribution in [0.15, 0.2) is 12.4 Å². The van der Waals surface area contributed by atoms with E-state index >= 15 is 0 Å². The zero-order valence-corrected chi connectivity index (χ0v) is 9.32. The maximum Gasteiger partial charge on any atom is 0.240 e. The van der Waals surface area contributed by atoms with E-state index < -0.39 is 11.9 Å². The Hall–Kier alpha value is -1.36. The monoisotopic (exact) mass is 228 g/mol. The number of halogens is 1. The van der Waals surface area contributed by atoms with Crippen molar-refractivity contribution >= 4 is 23.5 Å². The van der Waals surface area contributed by atoms with Gasteiger partial charge in [-0.3, -0.25) is 4.79 Å². The van der Waals surface area contributed by atoms with Crippen LogP contribution in [0.1, 0.15) is 13.8 Å². The lowest BCUT2D eigenvalue weighted by atomic mass is 10.0. The van der Waals surface area contributed by atoms with Crippen molar-refractivity contribution in [3.8, 4) is 0 Å². The third kappa shape index (κ3) is 3.36. The van der Waals surface area contributed by atoms with Crippen LogP contribution in [0.25, 0.3) is 0 Å². The number of aromatic nitrogens is 2. The molecule has 82 valence electrons. The van der Waals surface area contributed by atoms with Crippen molar-refractivity contribution in [1.82, 2.24) is 9.97 Å². The molecular formula is C9H13ClN4O. The van der Waals surface area contributed by atoms with Crippen molar-refractivity contribution in [2.45, 2.75) is 19.9 Å². The van der Waals surface area contributed by atoms with Gasteiger partial charge >= 0.3 is 0 Å². The number of nitrogens with two attached hydrogens (primary N) is 1. The highest BCUT2D eigenvalue weighted by molar-refractivity contribution is 6.30. The van der Waals surface area contributed by atoms with Crippen LogP contribution in [0.3, 0.4) is 0 Å². The molecule has 1 aromatic heterocycles. The Bertz CT molecular complexity index is 338. The molecule has 3 N–H and O–H groups in total. The Morgan fingerprint density at radius 3 is 2.40 bits per heavy atom. The molecule has 0 aliphatic heterocycles. The first-order valence-corrected chi connectivity index (χ1v) is 4.92. The van der Waals surface area contributed by atoms with Crippen LogP contribution >= 0.6 is 11.6 Å². The van der Waals surface area contributed by atoms with Gasteiger partial charge in [-0.25, -0.2) is 9.97 Å². The first-order chi connectivity index (χ1) is 7.00. The molecule has 5 nitrogen and oxygen atoms in total. The molecule has 0 saturated carbocycles. The van der Waals surface area contributed by atoms with Crippen molar-refractivity contribution in [3.63, 3.8) is 0 Å². The zero-order valence-electron chi connectivity index (χ0n) is 8.57. The number of hydrogen-bond acceptors (Lipinski definition) is 4. The molecule has 0 saturated heterocycles. The summed E-state index contributed by atoms with van der Waals surface area (Å²) in [5, 5.41) is 3.29. The number of carbonyl (C=O) groups excluding carboxylic acids is 1. The summed E-state index contributed by atoms with van der Waals surface area (Å²) in [7, 11) is 0. The van der Waals surface area contributed by atoms with E-state index in [1.54, 1.807) is 0 Å². The average molecular weight is 229 g/mol. The van der Waals surface area contributed by atoms with Crippen LogP contribution in [-0.2, 0) is 4.79 Å². The molecule has 1 rings (SSSR count). The second kappa shape index (κ2) is 4.93. The Labute approximate surface area is 93.0 Å². The number of carbonyl (C=O) groups is 1. The van der Waals surface area contributed by atoms with Crippen LogP contribution in [0, 0.1) is 5.92 Å². The van der Waals surface area contributed by atoms with Gasteiger partial charge in [-0.2, -0.15) is 0 Å². The number of rotatable bonds is 4. The minimum atomic E-state index is -0.480. The molecule has 15 heavy (non-hydrogen) atoms. The maximum atomic E-state index is 11.1. The van der Waals surface area contributed by atoms with Gasteiger partial charge < -0.3 is 11.1 Å². The van der Waals surface area contributed by atoms with Crippen LogP contribution in [0.4, 0.5) is 5.95 Å². The summed E-state index contributed by atoms with van der Waals surface area (Å²) in [6.45, 7) is 3.77. The number of primary amides is 1. The third-order valence-corrected chi connectivity index (χ3v) is 2.07. The highest BCUT2D eigenvalue weighted by Crippen LogP contribution is 2.10. The van der Waals surface area contributed by atoms with Crippen LogP contribution in [0.2, 0.25) is 5.02 Å². The van der Waals surface area contributed by atoms with Gasteiger partial charge in [-0.05, 0) is 5.92 Å². The standard InChI is InChI=1S/C9H13ClN4O/c1-5(2)7(8(11)15)14-9-12-3-6(10)4-13-9/h3-5,7H,1-2H3,(H2,11,15)(H,12,13,14)/t7-/m0/s1. The normalized spacial score (nSPS) is 12.5. The largest absolute Gasteiger partial charge is 0.368 e. The molecule has 0 aromatic carbocycles. The second-order valence-corrected chi connectivity index (χ2v) is 3.93. The fourth-order valence-corrected chi connectivity index (χ4v) is 1.19. The van der Waals surface area contributed by atoms with E-state index in [1.165, 1.54) is 12.4 Å². The fraction of sp³-hybridized carbons (Fsp3) is 0.444. The molecule has 6 heteroatoms. The molecule has 0 bridgehead atoms. The highest BCUT2D eigenvalue weighted by atomic mass is 35.5. The Kier molecular flexibility index (Phi) is 3.85. The number of anilines is 1. The van der Waals surface area contributed by atoms with E-state index in [2.05, 4.69) is 15.3 Å². The highest BCUT2D eigenvalue weighted by Gasteiger charge is 2.19. The van der Waals surface area contributed by atoms with Crippen molar-refractivity contribution < 1.29 is 4.79 Å². The summed E-state index contributed by atoms with van der Waals surface area (Å²) in [6, 6.07) is -0.480. The Morgan fingerprint density at radius 1 is 1.47 bits per heavy atom. The third-order valence-electron chi connectivity index (χ3n) is 1.88. The van der Waals surface area contributed by atoms with E-state index in [0.717, 1.165) is 0 Å². The van der Waals surface area contributed by atoms with E-state index in [9.17, 15) is 4.79 Å². The molecule has 0 radical (unpaired) electrons. The fourth-order valence-electron chi connectivity index (χ4n) is 1.09. The minimum Gasteiger partial charge on any atom is -0.368 e. The lowest BCUT2D eigenvalue weighted by molar-refractivity contribution is -0.119. The van der Waals surface area contributed by atoms with Crippen LogP contribution < -0.4 is 11.1 Å². The average Bonchev–Trinajstić information content (AvgIpc) is 2.15. The minimum absolute atomic E-state index is 0.0711. The summed E-state index contributed by atoms with van der Waals surface area (Å²) in [5.74, 6) is -0.0118.